The first-order valence-electron chi connectivity index (χ1n) is 9.83. The third-order valence-corrected chi connectivity index (χ3v) is 7.49. The van der Waals surface area contributed by atoms with Crippen molar-refractivity contribution in [3.63, 3.8) is 0 Å². The van der Waals surface area contributed by atoms with Crippen LogP contribution in [0.4, 0.5) is 0 Å². The summed E-state index contributed by atoms with van der Waals surface area (Å²) in [6.07, 6.45) is 2.54. The van der Waals surface area contributed by atoms with E-state index in [2.05, 4.69) is 17.3 Å². The van der Waals surface area contributed by atoms with Gasteiger partial charge in [0, 0.05) is 24.2 Å². The molecule has 0 bridgehead atoms. The van der Waals surface area contributed by atoms with Crippen molar-refractivity contribution < 1.29 is 14.7 Å². The SMILES string of the molecule is CCC1(C2CCN(C(=O)C(C)(C)n3nc(C)cc3C)CC2)NC(C(=O)O)=CS1. The Morgan fingerprint density at radius 3 is 2.46 bits per heavy atom. The predicted octanol–water partition coefficient (Wildman–Crippen LogP) is 2.84. The smallest absolute Gasteiger partial charge is 0.352 e. The van der Waals surface area contributed by atoms with Crippen molar-refractivity contribution >= 4 is 23.6 Å². The largest absolute Gasteiger partial charge is 0.477 e. The quantitative estimate of drug-likeness (QED) is 0.782. The number of hydrogen-bond donors (Lipinski definition) is 2. The highest BCUT2D eigenvalue weighted by molar-refractivity contribution is 8.03. The third kappa shape index (κ3) is 3.54. The highest BCUT2D eigenvalue weighted by Gasteiger charge is 2.45. The maximum absolute atomic E-state index is 13.3. The van der Waals surface area contributed by atoms with Gasteiger partial charge >= 0.3 is 5.97 Å². The van der Waals surface area contributed by atoms with Gasteiger partial charge in [0.2, 0.25) is 5.91 Å². The van der Waals surface area contributed by atoms with Crippen LogP contribution in [0.1, 0.15) is 51.4 Å². The van der Waals surface area contributed by atoms with E-state index in [4.69, 9.17) is 0 Å². The number of carbonyl (C=O) groups excluding carboxylic acids is 1. The second-order valence-corrected chi connectivity index (χ2v) is 9.49. The van der Waals surface area contributed by atoms with E-state index in [0.717, 1.165) is 30.7 Å². The van der Waals surface area contributed by atoms with Crippen molar-refractivity contribution in [2.45, 2.75) is 64.3 Å². The Balaban J connectivity index is 1.67. The molecular formula is C20H30N4O3S. The number of carbonyl (C=O) groups is 2. The van der Waals surface area contributed by atoms with Crippen LogP contribution < -0.4 is 5.32 Å². The van der Waals surface area contributed by atoms with Gasteiger partial charge in [-0.2, -0.15) is 5.10 Å². The van der Waals surface area contributed by atoms with E-state index in [1.807, 2.05) is 43.3 Å². The Hall–Kier alpha value is -1.96. The van der Waals surface area contributed by atoms with Gasteiger partial charge in [-0.3, -0.25) is 9.48 Å². The molecule has 0 aromatic carbocycles. The number of aryl methyl sites for hydroxylation is 2. The molecule has 1 unspecified atom stereocenters. The van der Waals surface area contributed by atoms with Gasteiger partial charge in [-0.05, 0) is 58.9 Å². The average molecular weight is 407 g/mol. The molecule has 0 radical (unpaired) electrons. The predicted molar refractivity (Wildman–Crippen MR) is 110 cm³/mol. The van der Waals surface area contributed by atoms with Gasteiger partial charge in [-0.25, -0.2) is 4.79 Å². The van der Waals surface area contributed by atoms with Crippen LogP contribution in [0, 0.1) is 19.8 Å². The fraction of sp³-hybridized carbons (Fsp3) is 0.650. The van der Waals surface area contributed by atoms with Gasteiger partial charge in [-0.15, -0.1) is 11.8 Å². The number of likely N-dealkylation sites (tertiary alicyclic amines) is 1. The van der Waals surface area contributed by atoms with E-state index in [-0.39, 0.29) is 16.5 Å². The number of carboxylic acids is 1. The molecule has 8 heteroatoms. The highest BCUT2D eigenvalue weighted by Crippen LogP contribution is 2.45. The normalized spacial score (nSPS) is 23.5. The maximum Gasteiger partial charge on any atom is 0.352 e. The summed E-state index contributed by atoms with van der Waals surface area (Å²) in [5.41, 5.74) is 1.44. The molecule has 2 N–H and O–H groups in total. The summed E-state index contributed by atoms with van der Waals surface area (Å²) >= 11 is 1.58. The van der Waals surface area contributed by atoms with Crippen molar-refractivity contribution in [1.29, 1.82) is 0 Å². The van der Waals surface area contributed by atoms with Gasteiger partial charge in [0.15, 0.2) is 0 Å². The average Bonchev–Trinajstić information content (AvgIpc) is 3.25. The molecule has 154 valence electrons. The molecule has 0 aliphatic carbocycles. The summed E-state index contributed by atoms with van der Waals surface area (Å²) in [5.74, 6) is -0.516. The van der Waals surface area contributed by atoms with Crippen LogP contribution in [0.3, 0.4) is 0 Å². The molecule has 0 saturated carbocycles. The molecular weight excluding hydrogens is 376 g/mol. The zero-order valence-electron chi connectivity index (χ0n) is 17.3. The molecule has 1 fully saturated rings. The second kappa shape index (κ2) is 7.46. The highest BCUT2D eigenvalue weighted by atomic mass is 32.2. The van der Waals surface area contributed by atoms with Crippen molar-refractivity contribution in [2.24, 2.45) is 5.92 Å². The molecule has 2 aliphatic rings. The number of thioether (sulfide) groups is 1. The van der Waals surface area contributed by atoms with E-state index in [0.29, 0.717) is 19.0 Å². The zero-order valence-corrected chi connectivity index (χ0v) is 18.1. The van der Waals surface area contributed by atoms with Crippen LogP contribution in [0.25, 0.3) is 0 Å². The Morgan fingerprint density at radius 1 is 1.36 bits per heavy atom. The lowest BCUT2D eigenvalue weighted by Crippen LogP contribution is -2.54. The molecule has 28 heavy (non-hydrogen) atoms. The lowest BCUT2D eigenvalue weighted by Gasteiger charge is -2.43. The number of hydrogen-bond acceptors (Lipinski definition) is 5. The summed E-state index contributed by atoms with van der Waals surface area (Å²) in [4.78, 5) is 26.2. The van der Waals surface area contributed by atoms with E-state index < -0.39 is 11.5 Å². The van der Waals surface area contributed by atoms with Gasteiger partial charge in [0.05, 0.1) is 10.6 Å². The number of piperidine rings is 1. The van der Waals surface area contributed by atoms with E-state index >= 15 is 0 Å². The van der Waals surface area contributed by atoms with Crippen LogP contribution in [0.15, 0.2) is 17.2 Å². The first-order chi connectivity index (χ1) is 13.1. The van der Waals surface area contributed by atoms with Crippen LogP contribution in [-0.2, 0) is 15.1 Å². The van der Waals surface area contributed by atoms with Crippen LogP contribution >= 0.6 is 11.8 Å². The number of nitrogens with zero attached hydrogens (tertiary/aromatic N) is 3. The number of rotatable bonds is 5. The number of nitrogens with one attached hydrogen (secondary N) is 1. The lowest BCUT2D eigenvalue weighted by atomic mass is 9.86. The molecule has 1 aromatic rings. The van der Waals surface area contributed by atoms with Crippen molar-refractivity contribution in [1.82, 2.24) is 20.0 Å². The van der Waals surface area contributed by atoms with E-state index in [9.17, 15) is 14.7 Å². The summed E-state index contributed by atoms with van der Waals surface area (Å²) < 4.78 is 1.82. The van der Waals surface area contributed by atoms with Gasteiger partial charge in [0.25, 0.3) is 0 Å². The van der Waals surface area contributed by atoms with Crippen LogP contribution in [0.2, 0.25) is 0 Å². The summed E-state index contributed by atoms with van der Waals surface area (Å²) in [6.45, 7) is 11.2. The number of aromatic nitrogens is 2. The van der Waals surface area contributed by atoms with Crippen LogP contribution in [0.5, 0.6) is 0 Å². The van der Waals surface area contributed by atoms with E-state index in [1.165, 1.54) is 0 Å². The Kier molecular flexibility index (Phi) is 5.53. The van der Waals surface area contributed by atoms with Crippen molar-refractivity contribution in [3.8, 4) is 0 Å². The molecule has 3 heterocycles. The summed E-state index contributed by atoms with van der Waals surface area (Å²) in [5, 5.41) is 18.7. The molecule has 1 aromatic heterocycles. The van der Waals surface area contributed by atoms with Crippen molar-refractivity contribution in [2.75, 3.05) is 13.1 Å². The Bertz CT molecular complexity index is 808. The lowest BCUT2D eigenvalue weighted by molar-refractivity contribution is -0.141. The number of carboxylic acid groups (broad SMARTS) is 1. The van der Waals surface area contributed by atoms with E-state index in [1.54, 1.807) is 17.2 Å². The fourth-order valence-electron chi connectivity index (χ4n) is 4.43. The molecule has 1 atom stereocenters. The second-order valence-electron chi connectivity index (χ2n) is 8.29. The van der Waals surface area contributed by atoms with Gasteiger partial charge in [0.1, 0.15) is 11.2 Å². The van der Waals surface area contributed by atoms with Gasteiger partial charge in [-0.1, -0.05) is 6.92 Å². The molecule has 3 rings (SSSR count). The van der Waals surface area contributed by atoms with Gasteiger partial charge < -0.3 is 15.3 Å². The molecule has 1 saturated heterocycles. The first kappa shape index (κ1) is 20.8. The van der Waals surface area contributed by atoms with Crippen LogP contribution in [-0.4, -0.2) is 49.6 Å². The first-order valence-corrected chi connectivity index (χ1v) is 10.7. The summed E-state index contributed by atoms with van der Waals surface area (Å²) in [7, 11) is 0. The standard InChI is InChI=1S/C20H30N4O3S/c1-6-20(21-16(12-28-20)17(25)26)15-7-9-23(10-8-15)18(27)19(4,5)24-14(3)11-13(2)22-24/h11-12,15,21H,6-10H2,1-5H3,(H,25,26). The van der Waals surface area contributed by atoms with Crippen molar-refractivity contribution in [3.05, 3.63) is 28.6 Å². The summed E-state index contributed by atoms with van der Waals surface area (Å²) in [6, 6.07) is 1.99. The Morgan fingerprint density at radius 2 is 2.00 bits per heavy atom. The zero-order chi connectivity index (χ0) is 20.7. The monoisotopic (exact) mass is 406 g/mol. The minimum atomic E-state index is -0.915. The minimum Gasteiger partial charge on any atom is -0.477 e. The Labute approximate surface area is 170 Å². The minimum absolute atomic E-state index is 0.0825. The number of amides is 1. The molecule has 1 amide bonds. The maximum atomic E-state index is 13.3. The fourth-order valence-corrected chi connectivity index (χ4v) is 5.69. The molecule has 7 nitrogen and oxygen atoms in total. The number of aliphatic carboxylic acids is 1. The topological polar surface area (TPSA) is 87.5 Å². The third-order valence-electron chi connectivity index (χ3n) is 5.99. The molecule has 0 spiro atoms. The molecule has 2 aliphatic heterocycles.